The number of nitrogens with one attached hydrogen (secondary N) is 1. The molecule has 1 heterocycles. The number of hydrogen-bond donors (Lipinski definition) is 2. The molecule has 2 N–H and O–H groups in total. The Morgan fingerprint density at radius 2 is 2.12 bits per heavy atom. The molecule has 1 atom stereocenters. The molecule has 0 aromatic heterocycles. The van der Waals surface area contributed by atoms with E-state index in [-0.39, 0.29) is 12.5 Å². The van der Waals surface area contributed by atoms with E-state index >= 15 is 0 Å². The fourth-order valence-electron chi connectivity index (χ4n) is 1.64. The van der Waals surface area contributed by atoms with Crippen LogP contribution in [0.15, 0.2) is 18.2 Å². The normalized spacial score (nSPS) is 15.9. The second-order valence-electron chi connectivity index (χ2n) is 3.89. The Bertz CT molecular complexity index is 513. The van der Waals surface area contributed by atoms with Gasteiger partial charge in [0.1, 0.15) is 9.84 Å². The van der Waals surface area contributed by atoms with E-state index in [1.807, 2.05) is 5.48 Å². The molecule has 94 valence electrons. The second kappa shape index (κ2) is 4.52. The summed E-state index contributed by atoms with van der Waals surface area (Å²) in [5.74, 6) is 0.976. The number of fused-ring (bicyclic) bond motifs is 1. The van der Waals surface area contributed by atoms with Gasteiger partial charge in [-0.05, 0) is 17.7 Å². The molecule has 1 aliphatic rings. The van der Waals surface area contributed by atoms with Crippen molar-refractivity contribution in [1.29, 1.82) is 0 Å². The van der Waals surface area contributed by atoms with Gasteiger partial charge in [0.2, 0.25) is 6.79 Å². The Balaban J connectivity index is 2.25. The van der Waals surface area contributed by atoms with Crippen molar-refractivity contribution in [3.63, 3.8) is 0 Å². The molecule has 0 aliphatic carbocycles. The van der Waals surface area contributed by atoms with Crippen LogP contribution >= 0.6 is 0 Å². The van der Waals surface area contributed by atoms with Gasteiger partial charge in [-0.25, -0.2) is 8.42 Å². The van der Waals surface area contributed by atoms with E-state index in [2.05, 4.69) is 0 Å². The van der Waals surface area contributed by atoms with Crippen molar-refractivity contribution in [2.75, 3.05) is 18.8 Å². The molecule has 0 saturated carbocycles. The predicted octanol–water partition coefficient (Wildman–Crippen LogP) is 0.480. The quantitative estimate of drug-likeness (QED) is 0.765. The minimum Gasteiger partial charge on any atom is -0.454 e. The lowest BCUT2D eigenvalue weighted by molar-refractivity contribution is 0.134. The van der Waals surface area contributed by atoms with Crippen LogP contribution < -0.4 is 15.0 Å². The molecule has 2 rings (SSSR count). The zero-order valence-electron chi connectivity index (χ0n) is 9.21. The van der Waals surface area contributed by atoms with Crippen molar-refractivity contribution < 1.29 is 23.1 Å². The Hall–Kier alpha value is -1.31. The van der Waals surface area contributed by atoms with E-state index in [1.54, 1.807) is 18.2 Å². The average molecular weight is 259 g/mol. The highest BCUT2D eigenvalue weighted by atomic mass is 32.2. The maximum absolute atomic E-state index is 11.2. The minimum atomic E-state index is -3.19. The molecule has 17 heavy (non-hydrogen) atoms. The molecule has 6 nitrogen and oxygen atoms in total. The SMILES string of the molecule is CS(=O)(=O)CC(NO)c1ccc2c(c1)OCO2. The third-order valence-corrected chi connectivity index (χ3v) is 3.36. The summed E-state index contributed by atoms with van der Waals surface area (Å²) in [4.78, 5) is 0. The standard InChI is InChI=1S/C10H13NO5S/c1-17(13,14)5-8(11-12)7-2-3-9-10(4-7)16-6-15-9/h2-4,8,11-12H,5-6H2,1H3. The molecule has 1 unspecified atom stereocenters. The van der Waals surface area contributed by atoms with E-state index in [9.17, 15) is 8.42 Å². The predicted molar refractivity (Wildman–Crippen MR) is 59.9 cm³/mol. The van der Waals surface area contributed by atoms with Gasteiger partial charge in [-0.3, -0.25) is 0 Å². The van der Waals surface area contributed by atoms with E-state index in [4.69, 9.17) is 14.7 Å². The summed E-state index contributed by atoms with van der Waals surface area (Å²) < 4.78 is 32.7. The minimum absolute atomic E-state index is 0.155. The number of hydrogen-bond acceptors (Lipinski definition) is 6. The van der Waals surface area contributed by atoms with Gasteiger partial charge in [-0.2, -0.15) is 5.48 Å². The lowest BCUT2D eigenvalue weighted by Crippen LogP contribution is -2.25. The Morgan fingerprint density at radius 1 is 1.41 bits per heavy atom. The third-order valence-electron chi connectivity index (χ3n) is 2.42. The molecular weight excluding hydrogens is 246 g/mol. The van der Waals surface area contributed by atoms with Gasteiger partial charge in [-0.15, -0.1) is 0 Å². The van der Waals surface area contributed by atoms with Crippen molar-refractivity contribution >= 4 is 9.84 Å². The van der Waals surface area contributed by atoms with E-state index < -0.39 is 15.9 Å². The summed E-state index contributed by atoms with van der Waals surface area (Å²) in [5.41, 5.74) is 2.62. The van der Waals surface area contributed by atoms with Crippen LogP contribution in [0.5, 0.6) is 11.5 Å². The first-order valence-electron chi connectivity index (χ1n) is 4.96. The van der Waals surface area contributed by atoms with E-state index in [0.29, 0.717) is 17.1 Å². The van der Waals surface area contributed by atoms with Crippen LogP contribution in [0.2, 0.25) is 0 Å². The van der Waals surface area contributed by atoms with Crippen LogP contribution in [0.1, 0.15) is 11.6 Å². The monoisotopic (exact) mass is 259 g/mol. The summed E-state index contributed by atoms with van der Waals surface area (Å²) >= 11 is 0. The smallest absolute Gasteiger partial charge is 0.231 e. The maximum atomic E-state index is 11.2. The number of sulfone groups is 1. The number of hydroxylamine groups is 1. The Labute approximate surface area is 99.0 Å². The van der Waals surface area contributed by atoms with Crippen molar-refractivity contribution in [3.8, 4) is 11.5 Å². The summed E-state index contributed by atoms with van der Waals surface area (Å²) in [7, 11) is -3.19. The van der Waals surface area contributed by atoms with Crippen molar-refractivity contribution in [2.45, 2.75) is 6.04 Å². The molecule has 0 bridgehead atoms. The fraction of sp³-hybridized carbons (Fsp3) is 0.400. The van der Waals surface area contributed by atoms with Crippen LogP contribution in [0.25, 0.3) is 0 Å². The molecule has 0 fully saturated rings. The summed E-state index contributed by atoms with van der Waals surface area (Å²) in [6.45, 7) is 0.155. The van der Waals surface area contributed by atoms with Crippen LogP contribution in [-0.2, 0) is 9.84 Å². The lowest BCUT2D eigenvalue weighted by atomic mass is 10.1. The van der Waals surface area contributed by atoms with Crippen molar-refractivity contribution in [3.05, 3.63) is 23.8 Å². The molecule has 7 heteroatoms. The van der Waals surface area contributed by atoms with Crippen LogP contribution in [0.4, 0.5) is 0 Å². The molecule has 1 aromatic carbocycles. The molecule has 1 aromatic rings. The second-order valence-corrected chi connectivity index (χ2v) is 6.07. The van der Waals surface area contributed by atoms with E-state index in [0.717, 1.165) is 6.26 Å². The number of benzene rings is 1. The first-order chi connectivity index (χ1) is 7.99. The van der Waals surface area contributed by atoms with Crippen molar-refractivity contribution in [2.24, 2.45) is 0 Å². The van der Waals surface area contributed by atoms with Gasteiger partial charge in [-0.1, -0.05) is 6.07 Å². The fourth-order valence-corrected chi connectivity index (χ4v) is 2.51. The molecule has 0 saturated heterocycles. The highest BCUT2D eigenvalue weighted by Gasteiger charge is 2.20. The third kappa shape index (κ3) is 2.87. The molecule has 0 radical (unpaired) electrons. The zero-order chi connectivity index (χ0) is 12.5. The summed E-state index contributed by atoms with van der Waals surface area (Å²) in [5, 5.41) is 9.00. The average Bonchev–Trinajstić information content (AvgIpc) is 2.71. The van der Waals surface area contributed by atoms with Crippen LogP contribution in [-0.4, -0.2) is 32.4 Å². The zero-order valence-corrected chi connectivity index (χ0v) is 10.0. The van der Waals surface area contributed by atoms with Crippen LogP contribution in [0.3, 0.4) is 0 Å². The van der Waals surface area contributed by atoms with Gasteiger partial charge in [0, 0.05) is 6.26 Å². The first kappa shape index (κ1) is 12.2. The van der Waals surface area contributed by atoms with E-state index in [1.165, 1.54) is 0 Å². The first-order valence-corrected chi connectivity index (χ1v) is 7.02. The van der Waals surface area contributed by atoms with Gasteiger partial charge >= 0.3 is 0 Å². The molecule has 0 amide bonds. The van der Waals surface area contributed by atoms with Crippen LogP contribution in [0, 0.1) is 0 Å². The Kier molecular flexibility index (Phi) is 3.23. The lowest BCUT2D eigenvalue weighted by Gasteiger charge is -2.14. The highest BCUT2D eigenvalue weighted by Crippen LogP contribution is 2.34. The van der Waals surface area contributed by atoms with Gasteiger partial charge < -0.3 is 14.7 Å². The summed E-state index contributed by atoms with van der Waals surface area (Å²) in [6.07, 6.45) is 1.12. The van der Waals surface area contributed by atoms with Gasteiger partial charge in [0.15, 0.2) is 11.5 Å². The largest absolute Gasteiger partial charge is 0.454 e. The van der Waals surface area contributed by atoms with Crippen molar-refractivity contribution in [1.82, 2.24) is 5.48 Å². The Morgan fingerprint density at radius 3 is 2.76 bits per heavy atom. The molecule has 1 aliphatic heterocycles. The topological polar surface area (TPSA) is 84.9 Å². The highest BCUT2D eigenvalue weighted by molar-refractivity contribution is 7.90. The number of rotatable bonds is 4. The number of ether oxygens (including phenoxy) is 2. The summed E-state index contributed by atoms with van der Waals surface area (Å²) in [6, 6.07) is 4.35. The van der Waals surface area contributed by atoms with Gasteiger partial charge in [0.05, 0.1) is 11.8 Å². The molecular formula is C10H13NO5S. The molecule has 0 spiro atoms. The van der Waals surface area contributed by atoms with Gasteiger partial charge in [0.25, 0.3) is 0 Å². The maximum Gasteiger partial charge on any atom is 0.231 e.